The standard InChI is InChI=1S/C20H28N2O6/c1-13-6-4-5-7-15(13)22-18(23)12-28-19(24)11-21-20(25)14-8-9-16(26-2)17(10-14)27-3/h8-10,13,15H,4-7,11-12H2,1-3H3,(H,21,25)(H,22,23)/t13-,15-/m0/s1. The van der Waals surface area contributed by atoms with Gasteiger partial charge in [0, 0.05) is 11.6 Å². The van der Waals surface area contributed by atoms with Gasteiger partial charge in [0.1, 0.15) is 6.54 Å². The molecule has 8 heteroatoms. The van der Waals surface area contributed by atoms with E-state index in [9.17, 15) is 14.4 Å². The summed E-state index contributed by atoms with van der Waals surface area (Å²) in [6.07, 6.45) is 4.31. The van der Waals surface area contributed by atoms with Crippen molar-refractivity contribution in [2.24, 2.45) is 5.92 Å². The van der Waals surface area contributed by atoms with E-state index in [0.29, 0.717) is 23.0 Å². The number of ether oxygens (including phenoxy) is 3. The van der Waals surface area contributed by atoms with Crippen LogP contribution in [0.15, 0.2) is 18.2 Å². The van der Waals surface area contributed by atoms with Crippen molar-refractivity contribution in [3.63, 3.8) is 0 Å². The number of methoxy groups -OCH3 is 2. The van der Waals surface area contributed by atoms with E-state index in [1.54, 1.807) is 12.1 Å². The summed E-state index contributed by atoms with van der Waals surface area (Å²) >= 11 is 0. The summed E-state index contributed by atoms with van der Waals surface area (Å²) < 4.78 is 15.2. The Morgan fingerprint density at radius 2 is 1.79 bits per heavy atom. The fourth-order valence-electron chi connectivity index (χ4n) is 3.21. The average molecular weight is 392 g/mol. The van der Waals surface area contributed by atoms with Crippen LogP contribution in [0.5, 0.6) is 11.5 Å². The lowest BCUT2D eigenvalue weighted by Gasteiger charge is -2.29. The molecule has 2 rings (SSSR count). The molecule has 0 aliphatic heterocycles. The van der Waals surface area contributed by atoms with Crippen molar-refractivity contribution in [3.8, 4) is 11.5 Å². The third-order valence-corrected chi connectivity index (χ3v) is 4.86. The van der Waals surface area contributed by atoms with Gasteiger partial charge in [-0.3, -0.25) is 14.4 Å². The second kappa shape index (κ2) is 10.5. The third kappa shape index (κ3) is 6.14. The molecule has 8 nitrogen and oxygen atoms in total. The van der Waals surface area contributed by atoms with Crippen molar-refractivity contribution in [3.05, 3.63) is 23.8 Å². The van der Waals surface area contributed by atoms with E-state index in [2.05, 4.69) is 17.6 Å². The van der Waals surface area contributed by atoms with Crippen molar-refractivity contribution >= 4 is 17.8 Å². The maximum Gasteiger partial charge on any atom is 0.325 e. The number of benzene rings is 1. The molecular weight excluding hydrogens is 364 g/mol. The summed E-state index contributed by atoms with van der Waals surface area (Å²) in [6.45, 7) is 1.42. The van der Waals surface area contributed by atoms with Gasteiger partial charge in [-0.1, -0.05) is 19.8 Å². The Balaban J connectivity index is 1.74. The van der Waals surface area contributed by atoms with Crippen LogP contribution >= 0.6 is 0 Å². The predicted molar refractivity (Wildman–Crippen MR) is 102 cm³/mol. The van der Waals surface area contributed by atoms with Gasteiger partial charge in [0.15, 0.2) is 18.1 Å². The highest BCUT2D eigenvalue weighted by Gasteiger charge is 2.23. The molecule has 0 saturated heterocycles. The Kier molecular flexibility index (Phi) is 8.10. The van der Waals surface area contributed by atoms with Gasteiger partial charge in [0.05, 0.1) is 14.2 Å². The second-order valence-corrected chi connectivity index (χ2v) is 6.85. The number of amides is 2. The maximum absolute atomic E-state index is 12.2. The van der Waals surface area contributed by atoms with Crippen LogP contribution in [0, 0.1) is 5.92 Å². The molecule has 0 aromatic heterocycles. The minimum Gasteiger partial charge on any atom is -0.493 e. The van der Waals surface area contributed by atoms with Gasteiger partial charge >= 0.3 is 5.97 Å². The molecule has 154 valence electrons. The van der Waals surface area contributed by atoms with Crippen LogP contribution < -0.4 is 20.1 Å². The molecule has 1 aromatic rings. The minimum atomic E-state index is -0.680. The summed E-state index contributed by atoms with van der Waals surface area (Å²) in [5.41, 5.74) is 0.314. The summed E-state index contributed by atoms with van der Waals surface area (Å²) in [7, 11) is 2.97. The minimum absolute atomic E-state index is 0.129. The van der Waals surface area contributed by atoms with E-state index in [-0.39, 0.29) is 25.1 Å². The van der Waals surface area contributed by atoms with Crippen LogP contribution in [-0.4, -0.2) is 51.2 Å². The van der Waals surface area contributed by atoms with Crippen LogP contribution in [0.3, 0.4) is 0 Å². The number of carbonyl (C=O) groups is 3. The molecule has 0 unspecified atom stereocenters. The van der Waals surface area contributed by atoms with E-state index < -0.39 is 11.9 Å². The van der Waals surface area contributed by atoms with Crippen LogP contribution in [0.2, 0.25) is 0 Å². The van der Waals surface area contributed by atoms with Crippen molar-refractivity contribution in [1.82, 2.24) is 10.6 Å². The quantitative estimate of drug-likeness (QED) is 0.653. The van der Waals surface area contributed by atoms with Crippen LogP contribution in [0.25, 0.3) is 0 Å². The summed E-state index contributed by atoms with van der Waals surface area (Å²) in [5.74, 6) is -0.130. The fraction of sp³-hybridized carbons (Fsp3) is 0.550. The monoisotopic (exact) mass is 392 g/mol. The zero-order valence-corrected chi connectivity index (χ0v) is 16.6. The zero-order chi connectivity index (χ0) is 20.5. The molecule has 2 amide bonds. The Hall–Kier alpha value is -2.77. The van der Waals surface area contributed by atoms with Crippen LogP contribution in [0.1, 0.15) is 43.0 Å². The van der Waals surface area contributed by atoms with Gasteiger partial charge in [-0.25, -0.2) is 0 Å². The first-order chi connectivity index (χ1) is 13.4. The SMILES string of the molecule is COc1ccc(C(=O)NCC(=O)OCC(=O)N[C@H]2CCCC[C@@H]2C)cc1OC. The molecule has 2 atom stereocenters. The lowest BCUT2D eigenvalue weighted by molar-refractivity contribution is -0.147. The first-order valence-electron chi connectivity index (χ1n) is 9.39. The van der Waals surface area contributed by atoms with Gasteiger partial charge in [-0.05, 0) is 37.0 Å². The van der Waals surface area contributed by atoms with Crippen molar-refractivity contribution < 1.29 is 28.6 Å². The summed E-state index contributed by atoms with van der Waals surface area (Å²) in [6, 6.07) is 4.80. The van der Waals surface area contributed by atoms with Crippen LogP contribution in [0.4, 0.5) is 0 Å². The molecule has 0 spiro atoms. The molecule has 1 saturated carbocycles. The molecule has 0 bridgehead atoms. The van der Waals surface area contributed by atoms with Gasteiger partial charge in [0.25, 0.3) is 11.8 Å². The number of rotatable bonds is 8. The number of hydrogen-bond donors (Lipinski definition) is 2. The Labute approximate surface area is 164 Å². The van der Waals surface area contributed by atoms with Gasteiger partial charge in [-0.15, -0.1) is 0 Å². The lowest BCUT2D eigenvalue weighted by Crippen LogP contribution is -2.43. The predicted octanol–water partition coefficient (Wildman–Crippen LogP) is 1.67. The number of carbonyl (C=O) groups excluding carboxylic acids is 3. The molecule has 0 radical (unpaired) electrons. The second-order valence-electron chi connectivity index (χ2n) is 6.85. The topological polar surface area (TPSA) is 103 Å². The molecule has 1 fully saturated rings. The zero-order valence-electron chi connectivity index (χ0n) is 16.6. The van der Waals surface area contributed by atoms with Crippen molar-refractivity contribution in [2.45, 2.75) is 38.6 Å². The molecule has 28 heavy (non-hydrogen) atoms. The van der Waals surface area contributed by atoms with Gasteiger partial charge < -0.3 is 24.8 Å². The smallest absolute Gasteiger partial charge is 0.325 e. The molecule has 2 N–H and O–H groups in total. The normalized spacial score (nSPS) is 18.7. The van der Waals surface area contributed by atoms with E-state index in [1.165, 1.54) is 26.7 Å². The number of esters is 1. The first kappa shape index (κ1) is 21.5. The number of nitrogens with one attached hydrogen (secondary N) is 2. The highest BCUT2D eigenvalue weighted by Crippen LogP contribution is 2.27. The van der Waals surface area contributed by atoms with E-state index in [4.69, 9.17) is 14.2 Å². The Morgan fingerprint density at radius 3 is 2.46 bits per heavy atom. The maximum atomic E-state index is 12.2. The molecule has 1 aliphatic carbocycles. The summed E-state index contributed by atoms with van der Waals surface area (Å²) in [5, 5.41) is 5.37. The molecular formula is C20H28N2O6. The Morgan fingerprint density at radius 1 is 1.07 bits per heavy atom. The van der Waals surface area contributed by atoms with Crippen molar-refractivity contribution in [1.29, 1.82) is 0 Å². The van der Waals surface area contributed by atoms with E-state index in [1.807, 2.05) is 0 Å². The van der Waals surface area contributed by atoms with E-state index >= 15 is 0 Å². The highest BCUT2D eigenvalue weighted by atomic mass is 16.5. The van der Waals surface area contributed by atoms with Crippen LogP contribution in [-0.2, 0) is 14.3 Å². The largest absolute Gasteiger partial charge is 0.493 e. The first-order valence-corrected chi connectivity index (χ1v) is 9.39. The number of hydrogen-bond acceptors (Lipinski definition) is 6. The van der Waals surface area contributed by atoms with Gasteiger partial charge in [-0.2, -0.15) is 0 Å². The Bertz CT molecular complexity index is 706. The lowest BCUT2D eigenvalue weighted by atomic mass is 9.86. The van der Waals surface area contributed by atoms with E-state index in [0.717, 1.165) is 19.3 Å². The summed E-state index contributed by atoms with van der Waals surface area (Å²) in [4.78, 5) is 35.9. The highest BCUT2D eigenvalue weighted by molar-refractivity contribution is 5.96. The van der Waals surface area contributed by atoms with Gasteiger partial charge in [0.2, 0.25) is 0 Å². The molecule has 1 aromatic carbocycles. The van der Waals surface area contributed by atoms with Crippen molar-refractivity contribution in [2.75, 3.05) is 27.4 Å². The molecule has 1 aliphatic rings. The fourth-order valence-corrected chi connectivity index (χ4v) is 3.21. The molecule has 0 heterocycles. The average Bonchev–Trinajstić information content (AvgIpc) is 2.71. The third-order valence-electron chi connectivity index (χ3n) is 4.86.